The molecule has 9 heteroatoms. The number of ether oxygens (including phenoxy) is 1. The van der Waals surface area contributed by atoms with Crippen LogP contribution in [0.15, 0.2) is 58.7 Å². The van der Waals surface area contributed by atoms with E-state index in [1.807, 2.05) is 24.3 Å². The Labute approximate surface area is 165 Å². The normalized spacial score (nSPS) is 14.2. The molecule has 8 nitrogen and oxygen atoms in total. The average molecular weight is 397 g/mol. The Morgan fingerprint density at radius 2 is 1.93 bits per heavy atom. The monoisotopic (exact) mass is 397 g/mol. The summed E-state index contributed by atoms with van der Waals surface area (Å²) in [6.45, 7) is 3.15. The van der Waals surface area contributed by atoms with Crippen LogP contribution in [0.5, 0.6) is 0 Å². The van der Waals surface area contributed by atoms with Crippen LogP contribution in [0.4, 0.5) is 5.69 Å². The van der Waals surface area contributed by atoms with Gasteiger partial charge in [0.15, 0.2) is 10.9 Å². The van der Waals surface area contributed by atoms with E-state index in [2.05, 4.69) is 20.1 Å². The van der Waals surface area contributed by atoms with Gasteiger partial charge in [-0.2, -0.15) is 0 Å². The highest BCUT2D eigenvalue weighted by molar-refractivity contribution is 7.99. The van der Waals surface area contributed by atoms with Crippen molar-refractivity contribution in [3.63, 3.8) is 0 Å². The molecule has 1 aliphatic heterocycles. The summed E-state index contributed by atoms with van der Waals surface area (Å²) in [5.41, 5.74) is 1.96. The van der Waals surface area contributed by atoms with Gasteiger partial charge in [-0.05, 0) is 36.4 Å². The number of nitrogens with one attached hydrogen (secondary N) is 1. The number of aromatic nitrogens is 4. The second-order valence-electron chi connectivity index (χ2n) is 6.22. The zero-order chi connectivity index (χ0) is 19.3. The topological polar surface area (TPSA) is 93.1 Å². The molecule has 28 heavy (non-hydrogen) atoms. The van der Waals surface area contributed by atoms with E-state index in [4.69, 9.17) is 4.74 Å². The Morgan fingerprint density at radius 1 is 1.14 bits per heavy atom. The van der Waals surface area contributed by atoms with Crippen molar-refractivity contribution >= 4 is 23.2 Å². The van der Waals surface area contributed by atoms with Gasteiger partial charge in [-0.3, -0.25) is 9.78 Å². The van der Waals surface area contributed by atoms with Gasteiger partial charge in [0.1, 0.15) is 0 Å². The first-order chi connectivity index (χ1) is 13.7. The summed E-state index contributed by atoms with van der Waals surface area (Å²) in [5, 5.41) is 6.87. The number of Topliss-reactive ketones (excluding diaryl/α,β-unsaturated/α-hetero) is 1. The Morgan fingerprint density at radius 3 is 2.64 bits per heavy atom. The first-order valence-corrected chi connectivity index (χ1v) is 9.87. The van der Waals surface area contributed by atoms with Crippen LogP contribution in [-0.2, 0) is 4.74 Å². The van der Waals surface area contributed by atoms with E-state index in [0.717, 1.165) is 32.0 Å². The molecule has 1 aliphatic rings. The van der Waals surface area contributed by atoms with Gasteiger partial charge in [0, 0.05) is 30.5 Å². The fourth-order valence-corrected chi connectivity index (χ4v) is 3.84. The lowest BCUT2D eigenvalue weighted by Crippen LogP contribution is -2.36. The molecule has 144 valence electrons. The Balaban J connectivity index is 1.43. The number of rotatable bonds is 6. The summed E-state index contributed by atoms with van der Waals surface area (Å²) in [6.07, 6.45) is 3.21. The van der Waals surface area contributed by atoms with Gasteiger partial charge in [-0.15, -0.1) is 5.10 Å². The van der Waals surface area contributed by atoms with E-state index in [1.165, 1.54) is 16.3 Å². The Kier molecular flexibility index (Phi) is 5.54. The third-order valence-electron chi connectivity index (χ3n) is 4.44. The third-order valence-corrected chi connectivity index (χ3v) is 5.38. The predicted molar refractivity (Wildman–Crippen MR) is 107 cm³/mol. The maximum absolute atomic E-state index is 12.6. The number of nitrogens with zero attached hydrogens (tertiary/aromatic N) is 4. The number of morpholine rings is 1. The molecule has 0 saturated carbocycles. The van der Waals surface area contributed by atoms with E-state index in [-0.39, 0.29) is 17.2 Å². The molecule has 4 rings (SSSR count). The maximum Gasteiger partial charge on any atom is 0.348 e. The molecular weight excluding hydrogens is 378 g/mol. The highest BCUT2D eigenvalue weighted by Crippen LogP contribution is 2.21. The quantitative estimate of drug-likeness (QED) is 0.500. The van der Waals surface area contributed by atoms with Crippen molar-refractivity contribution in [1.82, 2.24) is 19.7 Å². The minimum atomic E-state index is -0.363. The first-order valence-electron chi connectivity index (χ1n) is 8.89. The second-order valence-corrected chi connectivity index (χ2v) is 7.16. The third kappa shape index (κ3) is 4.00. The van der Waals surface area contributed by atoms with Crippen LogP contribution in [0.2, 0.25) is 0 Å². The van der Waals surface area contributed by atoms with Crippen LogP contribution in [0.3, 0.4) is 0 Å². The number of benzene rings is 1. The van der Waals surface area contributed by atoms with E-state index >= 15 is 0 Å². The Bertz CT molecular complexity index is 994. The lowest BCUT2D eigenvalue weighted by atomic mass is 10.1. The largest absolute Gasteiger partial charge is 0.378 e. The summed E-state index contributed by atoms with van der Waals surface area (Å²) in [5.74, 6) is 0.160. The number of H-pyrrole nitrogens is 1. The number of hydrogen-bond acceptors (Lipinski definition) is 7. The zero-order valence-corrected chi connectivity index (χ0v) is 15.9. The van der Waals surface area contributed by atoms with Crippen molar-refractivity contribution in [2.75, 3.05) is 37.0 Å². The number of carbonyl (C=O) groups excluding carboxylic acids is 1. The maximum atomic E-state index is 12.6. The molecule has 0 spiro atoms. The number of anilines is 1. The van der Waals surface area contributed by atoms with Gasteiger partial charge in [0.2, 0.25) is 0 Å². The van der Waals surface area contributed by atoms with Crippen LogP contribution in [-0.4, -0.2) is 57.6 Å². The van der Waals surface area contributed by atoms with Crippen LogP contribution >= 0.6 is 11.8 Å². The van der Waals surface area contributed by atoms with Gasteiger partial charge >= 0.3 is 5.69 Å². The highest BCUT2D eigenvalue weighted by Gasteiger charge is 2.15. The van der Waals surface area contributed by atoms with E-state index < -0.39 is 0 Å². The van der Waals surface area contributed by atoms with E-state index in [0.29, 0.717) is 16.4 Å². The second kappa shape index (κ2) is 8.41. The smallest absolute Gasteiger partial charge is 0.348 e. The van der Waals surface area contributed by atoms with Crippen LogP contribution in [0.1, 0.15) is 10.4 Å². The van der Waals surface area contributed by atoms with Gasteiger partial charge in [0.05, 0.1) is 30.9 Å². The number of ketones is 1. The van der Waals surface area contributed by atoms with Gasteiger partial charge < -0.3 is 9.64 Å². The van der Waals surface area contributed by atoms with Crippen LogP contribution < -0.4 is 10.6 Å². The highest BCUT2D eigenvalue weighted by atomic mass is 32.2. The van der Waals surface area contributed by atoms with Gasteiger partial charge in [0.25, 0.3) is 0 Å². The predicted octanol–water partition coefficient (Wildman–Crippen LogP) is 1.77. The van der Waals surface area contributed by atoms with Crippen molar-refractivity contribution in [1.29, 1.82) is 0 Å². The molecule has 0 unspecified atom stereocenters. The van der Waals surface area contributed by atoms with Gasteiger partial charge in [-0.1, -0.05) is 11.8 Å². The molecule has 0 atom stereocenters. The SMILES string of the molecule is O=C(CSc1n[nH]c(=O)n1-c1cccnc1)c1ccc(N2CCOCC2)cc1. The minimum absolute atomic E-state index is 0.0216. The molecule has 0 radical (unpaired) electrons. The minimum Gasteiger partial charge on any atom is -0.378 e. The molecule has 0 aliphatic carbocycles. The molecule has 3 aromatic rings. The van der Waals surface area contributed by atoms with Crippen molar-refractivity contribution in [3.8, 4) is 5.69 Å². The van der Waals surface area contributed by atoms with Crippen LogP contribution in [0.25, 0.3) is 5.69 Å². The van der Waals surface area contributed by atoms with Gasteiger partial charge in [-0.25, -0.2) is 14.5 Å². The molecule has 1 N–H and O–H groups in total. The Hall–Kier alpha value is -2.91. The number of pyridine rings is 1. The van der Waals surface area contributed by atoms with E-state index in [1.54, 1.807) is 24.5 Å². The summed E-state index contributed by atoms with van der Waals surface area (Å²) in [7, 11) is 0. The standard InChI is InChI=1S/C19H19N5O3S/c25-17(14-3-5-15(6-4-14)23-8-10-27-11-9-23)13-28-19-22-21-18(26)24(19)16-2-1-7-20-12-16/h1-7,12H,8-11,13H2,(H,21,26). The molecule has 1 fully saturated rings. The molecular formula is C19H19N5O3S. The lowest BCUT2D eigenvalue weighted by Gasteiger charge is -2.28. The molecule has 1 saturated heterocycles. The zero-order valence-electron chi connectivity index (χ0n) is 15.1. The molecule has 3 heterocycles. The lowest BCUT2D eigenvalue weighted by molar-refractivity contribution is 0.102. The van der Waals surface area contributed by atoms with Crippen molar-refractivity contribution in [3.05, 3.63) is 64.8 Å². The van der Waals surface area contributed by atoms with Crippen molar-refractivity contribution in [2.24, 2.45) is 0 Å². The number of aromatic amines is 1. The summed E-state index contributed by atoms with van der Waals surface area (Å²) in [4.78, 5) is 30.9. The fourth-order valence-electron chi connectivity index (χ4n) is 2.99. The fraction of sp³-hybridized carbons (Fsp3) is 0.263. The van der Waals surface area contributed by atoms with Crippen molar-refractivity contribution < 1.29 is 9.53 Å². The number of hydrogen-bond donors (Lipinski definition) is 1. The summed E-state index contributed by atoms with van der Waals surface area (Å²) in [6, 6.07) is 11.1. The summed E-state index contributed by atoms with van der Waals surface area (Å²) >= 11 is 1.21. The first kappa shape index (κ1) is 18.5. The van der Waals surface area contributed by atoms with Crippen molar-refractivity contribution in [2.45, 2.75) is 5.16 Å². The molecule has 0 amide bonds. The molecule has 0 bridgehead atoms. The average Bonchev–Trinajstić information content (AvgIpc) is 3.13. The number of thioether (sulfide) groups is 1. The summed E-state index contributed by atoms with van der Waals surface area (Å²) < 4.78 is 6.77. The molecule has 1 aromatic carbocycles. The van der Waals surface area contributed by atoms with E-state index in [9.17, 15) is 9.59 Å². The van der Waals surface area contributed by atoms with Crippen LogP contribution in [0, 0.1) is 0 Å². The number of carbonyl (C=O) groups is 1. The molecule has 2 aromatic heterocycles.